The number of carbonyl (C=O) groups excluding carboxylic acids is 1. The predicted octanol–water partition coefficient (Wildman–Crippen LogP) is 5.05. The molecule has 0 aromatic rings. The number of hydrogen-bond donors (Lipinski definition) is 0. The first-order valence-corrected chi connectivity index (χ1v) is 14.0. The minimum Gasteiger partial charge on any atom is -0.465 e. The number of allylic oxidation sites excluding steroid dienone is 1. The van der Waals surface area contributed by atoms with Gasteiger partial charge in [-0.2, -0.15) is 0 Å². The van der Waals surface area contributed by atoms with Crippen LogP contribution in [0, 0.1) is 17.8 Å². The lowest BCUT2D eigenvalue weighted by Crippen LogP contribution is -2.62. The van der Waals surface area contributed by atoms with Crippen molar-refractivity contribution < 1.29 is 18.7 Å². The molecule has 0 aromatic heterocycles. The van der Waals surface area contributed by atoms with Crippen molar-refractivity contribution in [3.8, 4) is 0 Å². The van der Waals surface area contributed by atoms with Crippen molar-refractivity contribution in [3.05, 3.63) is 11.1 Å². The Morgan fingerprint density at radius 2 is 1.73 bits per heavy atom. The maximum Gasteiger partial charge on any atom is 0.318 e. The molecule has 1 unspecified atom stereocenters. The zero-order valence-electron chi connectivity index (χ0n) is 17.2. The first-order valence-electron chi connectivity index (χ1n) is 10.6. The summed E-state index contributed by atoms with van der Waals surface area (Å²) in [6, 6.07) is 0. The van der Waals surface area contributed by atoms with E-state index in [-0.39, 0.29) is 17.8 Å². The minimum absolute atomic E-state index is 0.141. The number of hydrogen-bond acceptors (Lipinski definition) is 4. The molecular formula is C21H36O4Si. The van der Waals surface area contributed by atoms with Crippen LogP contribution in [0.4, 0.5) is 0 Å². The highest BCUT2D eigenvalue weighted by Crippen LogP contribution is 2.58. The van der Waals surface area contributed by atoms with E-state index in [1.165, 1.54) is 24.8 Å². The summed E-state index contributed by atoms with van der Waals surface area (Å²) in [5.74, 6) is -0.563. The third-order valence-corrected chi connectivity index (χ3v) is 7.08. The molecule has 4 atom stereocenters. The predicted molar refractivity (Wildman–Crippen MR) is 105 cm³/mol. The van der Waals surface area contributed by atoms with Crippen molar-refractivity contribution in [2.45, 2.75) is 84.2 Å². The maximum absolute atomic E-state index is 13.2. The average molecular weight is 381 g/mol. The molecule has 1 fully saturated rings. The number of rotatable bonds is 6. The molecule has 0 heterocycles. The Balaban J connectivity index is 2.15. The van der Waals surface area contributed by atoms with Crippen LogP contribution in [-0.2, 0) is 18.7 Å². The van der Waals surface area contributed by atoms with Crippen LogP contribution in [0.3, 0.4) is 0 Å². The second-order valence-electron chi connectivity index (χ2n) is 8.96. The van der Waals surface area contributed by atoms with E-state index in [0.29, 0.717) is 19.1 Å². The van der Waals surface area contributed by atoms with Crippen LogP contribution in [-0.4, -0.2) is 33.3 Å². The van der Waals surface area contributed by atoms with Gasteiger partial charge in [-0.05, 0) is 71.5 Å². The lowest BCUT2D eigenvalue weighted by atomic mass is 9.61. The molecule has 5 heteroatoms. The van der Waals surface area contributed by atoms with Crippen molar-refractivity contribution in [3.63, 3.8) is 0 Å². The summed E-state index contributed by atoms with van der Waals surface area (Å²) in [6.45, 7) is 11.5. The van der Waals surface area contributed by atoms with E-state index in [4.69, 9.17) is 13.9 Å². The van der Waals surface area contributed by atoms with Gasteiger partial charge in [0.1, 0.15) is 5.92 Å². The standard InChI is InChI=1S/C21H36O4Si/c1-6-23-20(22)19-17-13-10-12-15(17)16-11-8-9-14-18(16)21(19,24-7-2)25-26(3,4)5/h16,18-19H,6-14H2,1-5H3/t16-,18-,19+,21?/m0/s1. The van der Waals surface area contributed by atoms with Gasteiger partial charge in [-0.1, -0.05) is 24.0 Å². The van der Waals surface area contributed by atoms with Gasteiger partial charge in [0, 0.05) is 12.5 Å². The second kappa shape index (κ2) is 7.76. The van der Waals surface area contributed by atoms with Crippen molar-refractivity contribution in [1.29, 1.82) is 0 Å². The lowest BCUT2D eigenvalue weighted by molar-refractivity contribution is -0.264. The van der Waals surface area contributed by atoms with Gasteiger partial charge in [0.15, 0.2) is 14.1 Å². The molecule has 148 valence electrons. The minimum atomic E-state index is -1.94. The second-order valence-corrected chi connectivity index (χ2v) is 13.4. The fraction of sp³-hybridized carbons (Fsp3) is 0.857. The average Bonchev–Trinajstić information content (AvgIpc) is 3.03. The Bertz CT molecular complexity index is 565. The normalized spacial score (nSPS) is 34.4. The summed E-state index contributed by atoms with van der Waals surface area (Å²) in [4.78, 5) is 13.2. The molecule has 1 saturated carbocycles. The smallest absolute Gasteiger partial charge is 0.318 e. The van der Waals surface area contributed by atoms with Gasteiger partial charge >= 0.3 is 5.97 Å². The zero-order chi connectivity index (χ0) is 18.9. The van der Waals surface area contributed by atoms with Crippen LogP contribution in [0.5, 0.6) is 0 Å². The highest BCUT2D eigenvalue weighted by Gasteiger charge is 2.61. The molecule has 0 bridgehead atoms. The van der Waals surface area contributed by atoms with Crippen LogP contribution < -0.4 is 0 Å². The van der Waals surface area contributed by atoms with Crippen LogP contribution in [0.2, 0.25) is 19.6 Å². The number of esters is 1. The Hall–Kier alpha value is -0.653. The SMILES string of the molecule is CCOC(=O)[C@H]1C2=C(CCC2)[C@@H]2CCCC[C@@H]2C1(OCC)O[Si](C)(C)C. The van der Waals surface area contributed by atoms with E-state index < -0.39 is 14.1 Å². The molecule has 0 aliphatic heterocycles. The molecule has 0 aromatic carbocycles. The van der Waals surface area contributed by atoms with E-state index >= 15 is 0 Å². The maximum atomic E-state index is 13.2. The van der Waals surface area contributed by atoms with Gasteiger partial charge in [0.05, 0.1) is 6.61 Å². The van der Waals surface area contributed by atoms with Crippen molar-refractivity contribution in [2.75, 3.05) is 13.2 Å². The van der Waals surface area contributed by atoms with E-state index in [2.05, 4.69) is 19.6 Å². The number of ether oxygens (including phenoxy) is 2. The summed E-state index contributed by atoms with van der Waals surface area (Å²) in [5, 5.41) is 0. The number of fused-ring (bicyclic) bond motifs is 2. The lowest BCUT2D eigenvalue weighted by Gasteiger charge is -2.55. The van der Waals surface area contributed by atoms with E-state index in [0.717, 1.165) is 25.7 Å². The quantitative estimate of drug-likeness (QED) is 0.280. The van der Waals surface area contributed by atoms with Gasteiger partial charge < -0.3 is 13.9 Å². The number of carbonyl (C=O) groups is 1. The van der Waals surface area contributed by atoms with E-state index in [1.807, 2.05) is 13.8 Å². The molecule has 0 amide bonds. The summed E-state index contributed by atoms with van der Waals surface area (Å²) in [7, 11) is -1.94. The third kappa shape index (κ3) is 3.55. The molecule has 0 N–H and O–H groups in total. The molecular weight excluding hydrogens is 344 g/mol. The Labute approximate surface area is 159 Å². The Kier molecular flexibility index (Phi) is 6.00. The van der Waals surface area contributed by atoms with Crippen LogP contribution in [0.1, 0.15) is 58.8 Å². The highest BCUT2D eigenvalue weighted by atomic mass is 28.4. The largest absolute Gasteiger partial charge is 0.465 e. The molecule has 3 aliphatic rings. The highest BCUT2D eigenvalue weighted by molar-refractivity contribution is 6.69. The molecule has 0 radical (unpaired) electrons. The van der Waals surface area contributed by atoms with E-state index in [1.54, 1.807) is 5.57 Å². The van der Waals surface area contributed by atoms with Gasteiger partial charge in [-0.15, -0.1) is 0 Å². The zero-order valence-corrected chi connectivity index (χ0v) is 18.2. The van der Waals surface area contributed by atoms with Gasteiger partial charge in [-0.3, -0.25) is 4.79 Å². The molecule has 4 nitrogen and oxygen atoms in total. The summed E-state index contributed by atoms with van der Waals surface area (Å²) in [6.07, 6.45) is 8.05. The monoisotopic (exact) mass is 380 g/mol. The summed E-state index contributed by atoms with van der Waals surface area (Å²) >= 11 is 0. The van der Waals surface area contributed by atoms with Crippen molar-refractivity contribution in [1.82, 2.24) is 0 Å². The first kappa shape index (κ1) is 20.1. The van der Waals surface area contributed by atoms with Gasteiger partial charge in [0.2, 0.25) is 0 Å². The Morgan fingerprint density at radius 3 is 2.38 bits per heavy atom. The van der Waals surface area contributed by atoms with Gasteiger partial charge in [-0.25, -0.2) is 0 Å². The van der Waals surface area contributed by atoms with Gasteiger partial charge in [0.25, 0.3) is 0 Å². The van der Waals surface area contributed by atoms with Crippen LogP contribution in [0.15, 0.2) is 11.1 Å². The molecule has 0 spiro atoms. The molecule has 26 heavy (non-hydrogen) atoms. The topological polar surface area (TPSA) is 44.8 Å². The first-order chi connectivity index (χ1) is 12.3. The molecule has 0 saturated heterocycles. The summed E-state index contributed by atoms with van der Waals surface area (Å²) in [5.41, 5.74) is 2.83. The van der Waals surface area contributed by atoms with Crippen molar-refractivity contribution >= 4 is 14.3 Å². The van der Waals surface area contributed by atoms with E-state index in [9.17, 15) is 4.79 Å². The van der Waals surface area contributed by atoms with Crippen LogP contribution in [0.25, 0.3) is 0 Å². The molecule has 3 rings (SSSR count). The fourth-order valence-corrected chi connectivity index (χ4v) is 6.91. The van der Waals surface area contributed by atoms with Crippen LogP contribution >= 0.6 is 0 Å². The van der Waals surface area contributed by atoms with Crippen molar-refractivity contribution in [2.24, 2.45) is 17.8 Å². The summed E-state index contributed by atoms with van der Waals surface area (Å²) < 4.78 is 18.9. The fourth-order valence-electron chi connectivity index (χ4n) is 5.62. The Morgan fingerprint density at radius 1 is 1.04 bits per heavy atom. The third-order valence-electron chi connectivity index (χ3n) is 6.14. The molecule has 3 aliphatic carbocycles.